The van der Waals surface area contributed by atoms with Crippen LogP contribution in [0.25, 0.3) is 0 Å². The van der Waals surface area contributed by atoms with Crippen molar-refractivity contribution in [1.29, 1.82) is 0 Å². The highest BCUT2D eigenvalue weighted by atomic mass is 16.5. The molecule has 0 radical (unpaired) electrons. The van der Waals surface area contributed by atoms with Crippen molar-refractivity contribution in [2.24, 2.45) is 0 Å². The van der Waals surface area contributed by atoms with Gasteiger partial charge in [-0.1, -0.05) is 0 Å². The van der Waals surface area contributed by atoms with Gasteiger partial charge < -0.3 is 9.64 Å². The molecule has 0 aromatic carbocycles. The van der Waals surface area contributed by atoms with E-state index in [0.29, 0.717) is 6.04 Å². The Morgan fingerprint density at radius 1 is 1.73 bits per heavy atom. The Hall–Kier alpha value is -0.570. The first-order chi connectivity index (χ1) is 5.11. The Labute approximate surface area is 66.3 Å². The van der Waals surface area contributed by atoms with Gasteiger partial charge in [0.05, 0.1) is 18.2 Å². The lowest BCUT2D eigenvalue weighted by atomic mass is 10.1. The van der Waals surface area contributed by atoms with Crippen LogP contribution in [0.15, 0.2) is 0 Å². The van der Waals surface area contributed by atoms with E-state index in [0.717, 1.165) is 19.6 Å². The van der Waals surface area contributed by atoms with Crippen LogP contribution in [-0.2, 0) is 9.53 Å². The molecule has 2 aliphatic rings. The third-order valence-electron chi connectivity index (χ3n) is 2.64. The fraction of sp³-hybridized carbons (Fsp3) is 0.875. The number of fused-ring (bicyclic) bond motifs is 2. The predicted octanol–water partition coefficient (Wildman–Crippen LogP) is 0.396. The molecule has 2 rings (SSSR count). The topological polar surface area (TPSA) is 29.5 Å². The number of carbonyl (C=O) groups is 1. The lowest BCUT2D eigenvalue weighted by Crippen LogP contribution is -2.43. The fourth-order valence-electron chi connectivity index (χ4n) is 2.08. The van der Waals surface area contributed by atoms with E-state index in [9.17, 15) is 4.79 Å². The van der Waals surface area contributed by atoms with Gasteiger partial charge >= 0.3 is 0 Å². The summed E-state index contributed by atoms with van der Waals surface area (Å²) in [6.07, 6.45) is 1.02. The Kier molecular flexibility index (Phi) is 1.27. The van der Waals surface area contributed by atoms with Gasteiger partial charge in [-0.05, 0) is 6.92 Å². The second kappa shape index (κ2) is 1.97. The monoisotopic (exact) mass is 155 g/mol. The van der Waals surface area contributed by atoms with E-state index in [4.69, 9.17) is 4.74 Å². The maximum Gasteiger partial charge on any atom is 0.219 e. The summed E-state index contributed by atoms with van der Waals surface area (Å²) in [5, 5.41) is 0. The molecule has 3 heteroatoms. The van der Waals surface area contributed by atoms with Crippen molar-refractivity contribution in [3.63, 3.8) is 0 Å². The zero-order chi connectivity index (χ0) is 8.06. The summed E-state index contributed by atoms with van der Waals surface area (Å²) in [4.78, 5) is 13.0. The van der Waals surface area contributed by atoms with Crippen LogP contribution in [0, 0.1) is 0 Å². The second-order valence-corrected chi connectivity index (χ2v) is 3.77. The molecule has 0 aliphatic carbocycles. The molecule has 2 heterocycles. The smallest absolute Gasteiger partial charge is 0.219 e. The molecule has 2 fully saturated rings. The number of amides is 1. The Morgan fingerprint density at radius 2 is 2.45 bits per heavy atom. The van der Waals surface area contributed by atoms with Crippen LogP contribution in [0.5, 0.6) is 0 Å². The number of nitrogens with zero attached hydrogens (tertiary/aromatic N) is 1. The van der Waals surface area contributed by atoms with E-state index >= 15 is 0 Å². The fourth-order valence-corrected chi connectivity index (χ4v) is 2.08. The number of hydrogen-bond acceptors (Lipinski definition) is 2. The van der Waals surface area contributed by atoms with Gasteiger partial charge in [0.1, 0.15) is 0 Å². The summed E-state index contributed by atoms with van der Waals surface area (Å²) >= 11 is 0. The second-order valence-electron chi connectivity index (χ2n) is 3.77. The summed E-state index contributed by atoms with van der Waals surface area (Å²) in [6, 6.07) is 0.359. The quantitative estimate of drug-likeness (QED) is 0.506. The van der Waals surface area contributed by atoms with Crippen molar-refractivity contribution in [3.05, 3.63) is 0 Å². The third kappa shape index (κ3) is 0.948. The molecule has 2 atom stereocenters. The normalized spacial score (nSPS) is 41.6. The van der Waals surface area contributed by atoms with Gasteiger partial charge in [-0.2, -0.15) is 0 Å². The van der Waals surface area contributed by atoms with Crippen molar-refractivity contribution in [2.45, 2.75) is 31.9 Å². The number of hydrogen-bond donors (Lipinski definition) is 0. The van der Waals surface area contributed by atoms with E-state index in [1.807, 2.05) is 4.90 Å². The number of likely N-dealkylation sites (tertiary alicyclic amines) is 1. The van der Waals surface area contributed by atoms with Crippen molar-refractivity contribution in [2.75, 3.05) is 13.2 Å². The Bertz CT molecular complexity index is 204. The van der Waals surface area contributed by atoms with Gasteiger partial charge in [0.15, 0.2) is 0 Å². The summed E-state index contributed by atoms with van der Waals surface area (Å²) in [5.41, 5.74) is -0.0314. The van der Waals surface area contributed by atoms with Gasteiger partial charge in [0.25, 0.3) is 0 Å². The molecule has 3 nitrogen and oxygen atoms in total. The standard InChI is InChI=1S/C8H13NO2/c1-6(10)9-5-8(2)3-7(9)4-11-8/h7H,3-5H2,1-2H3/t7-,8-/m0/s1. The lowest BCUT2D eigenvalue weighted by Gasteiger charge is -2.29. The molecular formula is C8H13NO2. The Morgan fingerprint density at radius 3 is 2.73 bits per heavy atom. The average molecular weight is 155 g/mol. The minimum atomic E-state index is -0.0314. The molecule has 0 saturated carbocycles. The highest BCUT2D eigenvalue weighted by Crippen LogP contribution is 2.36. The van der Waals surface area contributed by atoms with Gasteiger partial charge in [0, 0.05) is 19.9 Å². The first kappa shape index (κ1) is 7.10. The first-order valence-corrected chi connectivity index (χ1v) is 4.02. The van der Waals surface area contributed by atoms with Crippen molar-refractivity contribution >= 4 is 5.91 Å². The highest BCUT2D eigenvalue weighted by molar-refractivity contribution is 5.74. The van der Waals surface area contributed by atoms with Crippen LogP contribution < -0.4 is 0 Å². The van der Waals surface area contributed by atoms with Crippen LogP contribution in [0.4, 0.5) is 0 Å². The first-order valence-electron chi connectivity index (χ1n) is 4.02. The molecule has 0 unspecified atom stereocenters. The number of morpholine rings is 1. The van der Waals surface area contributed by atoms with Gasteiger partial charge in [-0.15, -0.1) is 0 Å². The zero-order valence-electron chi connectivity index (χ0n) is 6.96. The molecular weight excluding hydrogens is 142 g/mol. The average Bonchev–Trinajstić information content (AvgIpc) is 2.41. The Balaban J connectivity index is 2.16. The minimum Gasteiger partial charge on any atom is -0.371 e. The van der Waals surface area contributed by atoms with Crippen molar-refractivity contribution < 1.29 is 9.53 Å². The van der Waals surface area contributed by atoms with E-state index in [2.05, 4.69) is 6.92 Å². The van der Waals surface area contributed by atoms with Crippen molar-refractivity contribution in [3.8, 4) is 0 Å². The summed E-state index contributed by atoms with van der Waals surface area (Å²) in [7, 11) is 0. The van der Waals surface area contributed by atoms with Crippen LogP contribution in [0.3, 0.4) is 0 Å². The minimum absolute atomic E-state index is 0.0314. The molecule has 62 valence electrons. The predicted molar refractivity (Wildman–Crippen MR) is 40.1 cm³/mol. The van der Waals surface area contributed by atoms with Crippen LogP contribution in [0.2, 0.25) is 0 Å². The van der Waals surface area contributed by atoms with Crippen LogP contribution in [0.1, 0.15) is 20.3 Å². The van der Waals surface area contributed by atoms with Crippen LogP contribution in [-0.4, -0.2) is 35.6 Å². The highest BCUT2D eigenvalue weighted by Gasteiger charge is 2.48. The van der Waals surface area contributed by atoms with E-state index in [1.54, 1.807) is 6.92 Å². The summed E-state index contributed by atoms with van der Waals surface area (Å²) in [6.45, 7) is 5.23. The molecule has 0 spiro atoms. The molecule has 2 bridgehead atoms. The van der Waals surface area contributed by atoms with E-state index in [-0.39, 0.29) is 11.5 Å². The summed E-state index contributed by atoms with van der Waals surface area (Å²) < 4.78 is 5.53. The van der Waals surface area contributed by atoms with Gasteiger partial charge in [-0.25, -0.2) is 0 Å². The maximum atomic E-state index is 11.0. The number of carbonyl (C=O) groups excluding carboxylic acids is 1. The molecule has 1 amide bonds. The number of rotatable bonds is 0. The maximum absolute atomic E-state index is 11.0. The van der Waals surface area contributed by atoms with Gasteiger partial charge in [-0.3, -0.25) is 4.79 Å². The number of ether oxygens (including phenoxy) is 1. The van der Waals surface area contributed by atoms with Crippen LogP contribution >= 0.6 is 0 Å². The SMILES string of the molecule is CC(=O)N1C[C@]2(C)C[C@H]1CO2. The largest absolute Gasteiger partial charge is 0.371 e. The molecule has 2 aliphatic heterocycles. The molecule has 0 aromatic heterocycles. The molecule has 2 saturated heterocycles. The molecule has 0 aromatic rings. The van der Waals surface area contributed by atoms with Gasteiger partial charge in [0.2, 0.25) is 5.91 Å². The molecule has 11 heavy (non-hydrogen) atoms. The van der Waals surface area contributed by atoms with E-state index < -0.39 is 0 Å². The molecule has 0 N–H and O–H groups in total. The van der Waals surface area contributed by atoms with Crippen molar-refractivity contribution in [1.82, 2.24) is 4.90 Å². The third-order valence-corrected chi connectivity index (χ3v) is 2.64. The zero-order valence-corrected chi connectivity index (χ0v) is 6.96. The lowest BCUT2D eigenvalue weighted by molar-refractivity contribution is -0.135. The summed E-state index contributed by atoms with van der Waals surface area (Å²) in [5.74, 6) is 0.182. The van der Waals surface area contributed by atoms with E-state index in [1.165, 1.54) is 0 Å².